The molecule has 0 radical (unpaired) electrons. The number of aliphatic hydroxyl groups excluding tert-OH is 1. The summed E-state index contributed by atoms with van der Waals surface area (Å²) in [7, 11) is 0. The summed E-state index contributed by atoms with van der Waals surface area (Å²) < 4.78 is 14.3. The standard InChI is InChI=1S/C24H20FN3O3/c25-18-9-3-1-7-16(18)24(31)27-13-20-22(17-8-2-4-10-19(17)27)21(14-29)28(20)23(30)15-6-5-11-26-12-15/h1-12,20-22,29H,13-14H2/t20-,21+,22+/m0/s1. The molecule has 1 fully saturated rings. The van der Waals surface area contributed by atoms with Crippen LogP contribution in [-0.4, -0.2) is 52.0 Å². The zero-order chi connectivity index (χ0) is 21.5. The third-order valence-electron chi connectivity index (χ3n) is 6.18. The molecule has 0 unspecified atom stereocenters. The maximum absolute atomic E-state index is 14.3. The highest BCUT2D eigenvalue weighted by atomic mass is 19.1. The van der Waals surface area contributed by atoms with E-state index in [4.69, 9.17) is 0 Å². The third-order valence-corrected chi connectivity index (χ3v) is 6.18. The van der Waals surface area contributed by atoms with E-state index in [9.17, 15) is 19.1 Å². The minimum Gasteiger partial charge on any atom is -0.394 e. The summed E-state index contributed by atoms with van der Waals surface area (Å²) in [6.07, 6.45) is 3.08. The Kier molecular flexibility index (Phi) is 4.75. The van der Waals surface area contributed by atoms with Crippen molar-refractivity contribution in [3.63, 3.8) is 0 Å². The number of hydrogen-bond donors (Lipinski definition) is 1. The predicted molar refractivity (Wildman–Crippen MR) is 112 cm³/mol. The normalized spacial score (nSPS) is 21.7. The number of anilines is 1. The number of rotatable bonds is 3. The molecule has 5 rings (SSSR count). The molecule has 3 aromatic rings. The van der Waals surface area contributed by atoms with Gasteiger partial charge in [-0.05, 0) is 35.9 Å². The molecule has 0 saturated carbocycles. The molecule has 6 nitrogen and oxygen atoms in total. The maximum atomic E-state index is 14.3. The zero-order valence-corrected chi connectivity index (χ0v) is 16.6. The Hall–Kier alpha value is -3.58. The van der Waals surface area contributed by atoms with Crippen molar-refractivity contribution in [2.24, 2.45) is 0 Å². The molecule has 2 aliphatic rings. The van der Waals surface area contributed by atoms with Crippen molar-refractivity contribution in [3.05, 3.63) is 95.6 Å². The van der Waals surface area contributed by atoms with Crippen LogP contribution < -0.4 is 4.90 Å². The molecule has 0 spiro atoms. The molecular formula is C24H20FN3O3. The fraction of sp³-hybridized carbons (Fsp3) is 0.208. The molecule has 31 heavy (non-hydrogen) atoms. The number of amides is 2. The number of para-hydroxylation sites is 1. The van der Waals surface area contributed by atoms with Crippen LogP contribution in [0.1, 0.15) is 32.2 Å². The Bertz CT molecular complexity index is 1150. The summed E-state index contributed by atoms with van der Waals surface area (Å²) in [5.41, 5.74) is 1.96. The van der Waals surface area contributed by atoms with Crippen molar-refractivity contribution in [1.82, 2.24) is 9.88 Å². The second-order valence-electron chi connectivity index (χ2n) is 7.75. The molecule has 0 bridgehead atoms. The van der Waals surface area contributed by atoms with Gasteiger partial charge in [0.25, 0.3) is 11.8 Å². The number of hydrogen-bond acceptors (Lipinski definition) is 4. The first-order valence-electron chi connectivity index (χ1n) is 10.1. The Morgan fingerprint density at radius 3 is 2.55 bits per heavy atom. The highest BCUT2D eigenvalue weighted by molar-refractivity contribution is 6.07. The molecule has 1 saturated heterocycles. The van der Waals surface area contributed by atoms with Crippen molar-refractivity contribution < 1.29 is 19.1 Å². The summed E-state index contributed by atoms with van der Waals surface area (Å²) >= 11 is 0. The van der Waals surface area contributed by atoms with Crippen LogP contribution in [0.15, 0.2) is 73.1 Å². The molecule has 1 N–H and O–H groups in total. The van der Waals surface area contributed by atoms with E-state index in [1.807, 2.05) is 24.3 Å². The number of nitrogens with zero attached hydrogens (tertiary/aromatic N) is 3. The number of aromatic nitrogens is 1. The summed E-state index contributed by atoms with van der Waals surface area (Å²) in [6, 6.07) is 15.9. The molecule has 7 heteroatoms. The van der Waals surface area contributed by atoms with E-state index in [1.54, 1.807) is 35.4 Å². The first-order chi connectivity index (χ1) is 15.1. The van der Waals surface area contributed by atoms with Crippen LogP contribution in [0, 0.1) is 5.82 Å². The van der Waals surface area contributed by atoms with Crippen LogP contribution in [0.4, 0.5) is 10.1 Å². The van der Waals surface area contributed by atoms with Crippen LogP contribution in [0.2, 0.25) is 0 Å². The molecule has 156 valence electrons. The molecule has 2 aromatic carbocycles. The van der Waals surface area contributed by atoms with Crippen LogP contribution in [0.5, 0.6) is 0 Å². The molecule has 3 atom stereocenters. The minimum absolute atomic E-state index is 0.0149. The molecule has 1 aromatic heterocycles. The summed E-state index contributed by atoms with van der Waals surface area (Å²) in [5, 5.41) is 10.1. The van der Waals surface area contributed by atoms with Crippen LogP contribution >= 0.6 is 0 Å². The minimum atomic E-state index is -0.586. The van der Waals surface area contributed by atoms with E-state index in [1.165, 1.54) is 23.2 Å². The number of carbonyl (C=O) groups is 2. The smallest absolute Gasteiger partial charge is 0.261 e. The van der Waals surface area contributed by atoms with Gasteiger partial charge in [-0.2, -0.15) is 0 Å². The first-order valence-corrected chi connectivity index (χ1v) is 10.1. The van der Waals surface area contributed by atoms with Crippen molar-refractivity contribution in [1.29, 1.82) is 0 Å². The van der Waals surface area contributed by atoms with Gasteiger partial charge in [-0.1, -0.05) is 30.3 Å². The van der Waals surface area contributed by atoms with E-state index < -0.39 is 17.8 Å². The fourth-order valence-electron chi connectivity index (χ4n) is 4.78. The summed E-state index contributed by atoms with van der Waals surface area (Å²) in [6.45, 7) is 0.0279. The topological polar surface area (TPSA) is 73.7 Å². The lowest BCUT2D eigenvalue weighted by molar-refractivity contribution is -0.0246. The summed E-state index contributed by atoms with van der Waals surface area (Å²) in [4.78, 5) is 33.6. The lowest BCUT2D eigenvalue weighted by atomic mass is 9.71. The average molecular weight is 417 g/mol. The van der Waals surface area contributed by atoms with Crippen molar-refractivity contribution in [2.45, 2.75) is 18.0 Å². The van der Waals surface area contributed by atoms with Crippen LogP contribution in [-0.2, 0) is 0 Å². The van der Waals surface area contributed by atoms with Crippen LogP contribution in [0.25, 0.3) is 0 Å². The average Bonchev–Trinajstić information content (AvgIpc) is 2.80. The molecular weight excluding hydrogens is 397 g/mol. The largest absolute Gasteiger partial charge is 0.394 e. The maximum Gasteiger partial charge on any atom is 0.261 e. The highest BCUT2D eigenvalue weighted by Crippen LogP contribution is 2.48. The second kappa shape index (κ2) is 7.59. The lowest BCUT2D eigenvalue weighted by Gasteiger charge is -2.58. The van der Waals surface area contributed by atoms with Gasteiger partial charge in [-0.25, -0.2) is 4.39 Å². The zero-order valence-electron chi connectivity index (χ0n) is 16.6. The number of aliphatic hydroxyl groups is 1. The Balaban J connectivity index is 1.55. The van der Waals surface area contributed by atoms with Gasteiger partial charge >= 0.3 is 0 Å². The Morgan fingerprint density at radius 2 is 1.81 bits per heavy atom. The summed E-state index contributed by atoms with van der Waals surface area (Å²) in [5.74, 6) is -1.39. The van der Waals surface area contributed by atoms with E-state index in [-0.39, 0.29) is 36.6 Å². The van der Waals surface area contributed by atoms with Gasteiger partial charge < -0.3 is 14.9 Å². The SMILES string of the molecule is O=C(c1ccccc1F)N1C[C@H]2[C@@H](c3ccccc31)[C@@H](CO)N2C(=O)c1cccnc1. The van der Waals surface area contributed by atoms with E-state index in [2.05, 4.69) is 4.98 Å². The third kappa shape index (κ3) is 3.00. The number of carbonyl (C=O) groups excluding carboxylic acids is 2. The van der Waals surface area contributed by atoms with Gasteiger partial charge in [-0.3, -0.25) is 14.6 Å². The Labute approximate surface area is 178 Å². The van der Waals surface area contributed by atoms with E-state index in [0.717, 1.165) is 5.56 Å². The van der Waals surface area contributed by atoms with Gasteiger partial charge in [0.1, 0.15) is 5.82 Å². The molecule has 2 amide bonds. The van der Waals surface area contributed by atoms with Crippen LogP contribution in [0.3, 0.4) is 0 Å². The van der Waals surface area contributed by atoms with Gasteiger partial charge in [0.15, 0.2) is 0 Å². The number of fused-ring (bicyclic) bond motifs is 3. The molecule has 3 heterocycles. The van der Waals surface area contributed by atoms with E-state index in [0.29, 0.717) is 11.3 Å². The number of likely N-dealkylation sites (tertiary alicyclic amines) is 1. The monoisotopic (exact) mass is 417 g/mol. The van der Waals surface area contributed by atoms with Crippen molar-refractivity contribution >= 4 is 17.5 Å². The Morgan fingerprint density at radius 1 is 1.03 bits per heavy atom. The second-order valence-corrected chi connectivity index (χ2v) is 7.75. The molecule has 2 aliphatic heterocycles. The quantitative estimate of drug-likeness (QED) is 0.711. The van der Waals surface area contributed by atoms with Crippen molar-refractivity contribution in [3.8, 4) is 0 Å². The number of benzene rings is 2. The predicted octanol–water partition coefficient (Wildman–Crippen LogP) is 2.85. The van der Waals surface area contributed by atoms with E-state index >= 15 is 0 Å². The number of halogens is 1. The highest BCUT2D eigenvalue weighted by Gasteiger charge is 2.55. The van der Waals surface area contributed by atoms with Gasteiger partial charge in [0, 0.05) is 30.5 Å². The fourth-order valence-corrected chi connectivity index (χ4v) is 4.78. The van der Waals surface area contributed by atoms with Gasteiger partial charge in [-0.15, -0.1) is 0 Å². The number of pyridine rings is 1. The van der Waals surface area contributed by atoms with Gasteiger partial charge in [0.05, 0.1) is 29.8 Å². The first kappa shape index (κ1) is 19.4. The van der Waals surface area contributed by atoms with Crippen molar-refractivity contribution in [2.75, 3.05) is 18.1 Å². The lowest BCUT2D eigenvalue weighted by Crippen LogP contribution is -2.70. The molecule has 0 aliphatic carbocycles. The van der Waals surface area contributed by atoms with Gasteiger partial charge in [0.2, 0.25) is 0 Å².